The highest BCUT2D eigenvalue weighted by molar-refractivity contribution is 5.98. The van der Waals surface area contributed by atoms with Gasteiger partial charge < -0.3 is 33.5 Å². The molecule has 0 saturated carbocycles. The predicted octanol–water partition coefficient (Wildman–Crippen LogP) is 3.08. The minimum absolute atomic E-state index is 0.0554. The highest BCUT2D eigenvalue weighted by Gasteiger charge is 2.27. The molecule has 0 atom stereocenters. The number of fused-ring (bicyclic) bond motifs is 1. The number of rotatable bonds is 11. The summed E-state index contributed by atoms with van der Waals surface area (Å²) < 4.78 is 27.1. The van der Waals surface area contributed by atoms with Gasteiger partial charge in [-0.15, -0.1) is 0 Å². The number of ether oxygens (including phenoxy) is 5. The number of amides is 1. The first-order chi connectivity index (χ1) is 15.5. The molecule has 0 bridgehead atoms. The normalized spacial score (nSPS) is 12.9. The van der Waals surface area contributed by atoms with E-state index in [-0.39, 0.29) is 12.6 Å². The van der Waals surface area contributed by atoms with Crippen LogP contribution in [0.3, 0.4) is 0 Å². The van der Waals surface area contributed by atoms with Crippen molar-refractivity contribution < 1.29 is 28.5 Å². The van der Waals surface area contributed by atoms with Crippen molar-refractivity contribution in [3.63, 3.8) is 0 Å². The summed E-state index contributed by atoms with van der Waals surface area (Å²) in [5.41, 5.74) is 1.69. The summed E-state index contributed by atoms with van der Waals surface area (Å²) >= 11 is 0. The lowest BCUT2D eigenvalue weighted by Gasteiger charge is -2.30. The van der Waals surface area contributed by atoms with E-state index in [1.807, 2.05) is 12.1 Å². The molecule has 8 heteroatoms. The van der Waals surface area contributed by atoms with Crippen molar-refractivity contribution >= 4 is 5.91 Å². The van der Waals surface area contributed by atoms with Crippen LogP contribution in [0.1, 0.15) is 22.3 Å². The molecule has 0 saturated heterocycles. The first kappa shape index (κ1) is 23.5. The molecule has 8 nitrogen and oxygen atoms in total. The topological polar surface area (TPSA) is 69.7 Å². The van der Waals surface area contributed by atoms with Crippen LogP contribution < -0.4 is 23.7 Å². The lowest BCUT2D eigenvalue weighted by molar-refractivity contribution is 0.0510. The molecule has 32 heavy (non-hydrogen) atoms. The van der Waals surface area contributed by atoms with Gasteiger partial charge in [-0.05, 0) is 44.1 Å². The molecular formula is C24H32N2O6. The number of hydrogen-bond donors (Lipinski definition) is 0. The van der Waals surface area contributed by atoms with Gasteiger partial charge >= 0.3 is 0 Å². The van der Waals surface area contributed by atoms with Crippen LogP contribution in [-0.2, 0) is 6.42 Å². The molecule has 174 valence electrons. The fraction of sp³-hybridized carbons (Fsp3) is 0.458. The molecule has 1 heterocycles. The van der Waals surface area contributed by atoms with Gasteiger partial charge in [-0.25, -0.2) is 0 Å². The maximum atomic E-state index is 12.9. The summed E-state index contributed by atoms with van der Waals surface area (Å²) in [6, 6.07) is 9.37. The zero-order chi connectivity index (χ0) is 23.1. The summed E-state index contributed by atoms with van der Waals surface area (Å²) in [6.07, 6.45) is 1.75. The van der Waals surface area contributed by atoms with Gasteiger partial charge in [-0.2, -0.15) is 0 Å². The van der Waals surface area contributed by atoms with Gasteiger partial charge in [0.15, 0.2) is 29.7 Å². The van der Waals surface area contributed by atoms with E-state index in [1.54, 1.807) is 45.5 Å². The van der Waals surface area contributed by atoms with Gasteiger partial charge in [0, 0.05) is 25.2 Å². The van der Waals surface area contributed by atoms with Crippen LogP contribution in [0, 0.1) is 0 Å². The summed E-state index contributed by atoms with van der Waals surface area (Å²) in [5.74, 6) is 3.00. The molecule has 0 spiro atoms. The highest BCUT2D eigenvalue weighted by atomic mass is 16.5. The monoisotopic (exact) mass is 444 g/mol. The molecule has 2 aromatic carbocycles. The Balaban J connectivity index is 1.49. The van der Waals surface area contributed by atoms with E-state index < -0.39 is 0 Å². The maximum absolute atomic E-state index is 12.9. The first-order valence-electron chi connectivity index (χ1n) is 10.6. The van der Waals surface area contributed by atoms with E-state index >= 15 is 0 Å². The number of carbonyl (C=O) groups is 1. The molecule has 0 aliphatic carbocycles. The second-order valence-electron chi connectivity index (χ2n) is 7.64. The van der Waals surface area contributed by atoms with E-state index in [4.69, 9.17) is 23.7 Å². The Kier molecular flexibility index (Phi) is 8.05. The van der Waals surface area contributed by atoms with Crippen LogP contribution in [0.15, 0.2) is 30.3 Å². The predicted molar refractivity (Wildman–Crippen MR) is 121 cm³/mol. The molecule has 0 aromatic heterocycles. The van der Waals surface area contributed by atoms with Crippen LogP contribution in [0.4, 0.5) is 0 Å². The Bertz CT molecular complexity index is 933. The minimum Gasteiger partial charge on any atom is -0.493 e. The van der Waals surface area contributed by atoms with Gasteiger partial charge in [-0.3, -0.25) is 4.79 Å². The lowest BCUT2D eigenvalue weighted by Crippen LogP contribution is -2.40. The zero-order valence-electron chi connectivity index (χ0n) is 19.5. The van der Waals surface area contributed by atoms with E-state index in [2.05, 4.69) is 18.0 Å². The van der Waals surface area contributed by atoms with E-state index in [9.17, 15) is 4.79 Å². The Labute approximate surface area is 189 Å². The van der Waals surface area contributed by atoms with Crippen molar-refractivity contribution in [1.29, 1.82) is 0 Å². The maximum Gasteiger partial charge on any atom is 0.260 e. The van der Waals surface area contributed by atoms with E-state index in [0.29, 0.717) is 29.4 Å². The summed E-state index contributed by atoms with van der Waals surface area (Å²) in [4.78, 5) is 16.9. The van der Waals surface area contributed by atoms with Crippen LogP contribution in [0.25, 0.3) is 0 Å². The Morgan fingerprint density at radius 2 is 1.56 bits per heavy atom. The van der Waals surface area contributed by atoms with Gasteiger partial charge in [-0.1, -0.05) is 6.07 Å². The SMILES string of the molecule is COc1ccc(CCN(C)CCCN2COc3cc(OC)c(OC)cc3C2=O)cc1OC. The third kappa shape index (κ3) is 5.37. The van der Waals surface area contributed by atoms with Crippen LogP contribution in [-0.4, -0.2) is 77.6 Å². The number of carbonyl (C=O) groups excluding carboxylic acids is 1. The summed E-state index contributed by atoms with van der Waals surface area (Å²) in [7, 11) is 8.47. The molecule has 0 unspecified atom stereocenters. The fourth-order valence-corrected chi connectivity index (χ4v) is 3.69. The van der Waals surface area contributed by atoms with E-state index in [1.165, 1.54) is 5.56 Å². The van der Waals surface area contributed by atoms with Crippen LogP contribution in [0.2, 0.25) is 0 Å². The average Bonchev–Trinajstić information content (AvgIpc) is 2.83. The number of hydrogen-bond acceptors (Lipinski definition) is 7. The third-order valence-corrected chi connectivity index (χ3v) is 5.58. The smallest absolute Gasteiger partial charge is 0.260 e. The quantitative estimate of drug-likeness (QED) is 0.528. The van der Waals surface area contributed by atoms with Crippen molar-refractivity contribution in [3.8, 4) is 28.7 Å². The lowest BCUT2D eigenvalue weighted by atomic mass is 10.1. The summed E-state index contributed by atoms with van der Waals surface area (Å²) in [5, 5.41) is 0. The van der Waals surface area contributed by atoms with Crippen molar-refractivity contribution in [2.75, 3.05) is 61.9 Å². The molecule has 3 rings (SSSR count). The minimum atomic E-state index is -0.0554. The Hall–Kier alpha value is -3.13. The average molecular weight is 445 g/mol. The second-order valence-corrected chi connectivity index (χ2v) is 7.64. The van der Waals surface area contributed by atoms with Gasteiger partial charge in [0.25, 0.3) is 5.91 Å². The van der Waals surface area contributed by atoms with Crippen molar-refractivity contribution in [1.82, 2.24) is 9.80 Å². The van der Waals surface area contributed by atoms with Crippen LogP contribution >= 0.6 is 0 Å². The van der Waals surface area contributed by atoms with Gasteiger partial charge in [0.05, 0.1) is 34.0 Å². The molecule has 2 aromatic rings. The molecule has 1 aliphatic heterocycles. The van der Waals surface area contributed by atoms with Crippen molar-refractivity contribution in [2.45, 2.75) is 12.8 Å². The summed E-state index contributed by atoms with van der Waals surface area (Å²) in [6.45, 7) is 2.62. The zero-order valence-corrected chi connectivity index (χ0v) is 19.5. The Morgan fingerprint density at radius 3 is 2.25 bits per heavy atom. The largest absolute Gasteiger partial charge is 0.493 e. The molecule has 0 radical (unpaired) electrons. The fourth-order valence-electron chi connectivity index (χ4n) is 3.69. The van der Waals surface area contributed by atoms with Crippen molar-refractivity contribution in [3.05, 3.63) is 41.5 Å². The van der Waals surface area contributed by atoms with Crippen LogP contribution in [0.5, 0.6) is 28.7 Å². The molecule has 0 N–H and O–H groups in total. The molecule has 1 aliphatic rings. The number of methoxy groups -OCH3 is 4. The second kappa shape index (κ2) is 10.9. The molecular weight excluding hydrogens is 412 g/mol. The standard InChI is InChI=1S/C24H32N2O6/c1-25(12-9-17-7-8-19(28-2)21(13-17)29-3)10-6-11-26-16-32-20-15-23(31-5)22(30-4)14-18(20)24(26)27/h7-8,13-15H,6,9-12,16H2,1-5H3. The number of likely N-dealkylation sites (N-methyl/N-ethyl adjacent to an activating group) is 1. The van der Waals surface area contributed by atoms with Gasteiger partial charge in [0.2, 0.25) is 0 Å². The number of benzene rings is 2. The molecule has 0 fully saturated rings. The van der Waals surface area contributed by atoms with E-state index in [0.717, 1.165) is 37.4 Å². The highest BCUT2D eigenvalue weighted by Crippen LogP contribution is 2.37. The van der Waals surface area contributed by atoms with Gasteiger partial charge in [0.1, 0.15) is 5.75 Å². The number of nitrogens with zero attached hydrogens (tertiary/aromatic N) is 2. The third-order valence-electron chi connectivity index (χ3n) is 5.58. The van der Waals surface area contributed by atoms with Crippen molar-refractivity contribution in [2.24, 2.45) is 0 Å². The molecule has 1 amide bonds. The Morgan fingerprint density at radius 1 is 0.906 bits per heavy atom. The first-order valence-corrected chi connectivity index (χ1v) is 10.6.